The van der Waals surface area contributed by atoms with E-state index in [1.54, 1.807) is 28.0 Å². The number of rotatable bonds is 3. The highest BCUT2D eigenvalue weighted by Gasteiger charge is 2.28. The molecule has 1 saturated heterocycles. The Morgan fingerprint density at radius 1 is 1.50 bits per heavy atom. The predicted octanol–water partition coefficient (Wildman–Crippen LogP) is 0.295. The van der Waals surface area contributed by atoms with Crippen LogP contribution in [0, 0.1) is 5.92 Å². The molecule has 0 saturated carbocycles. The molecule has 1 aromatic rings. The Kier molecular flexibility index (Phi) is 3.96. The summed E-state index contributed by atoms with van der Waals surface area (Å²) in [5.41, 5.74) is 0. The Labute approximate surface area is 106 Å². The molecule has 1 aromatic heterocycles. The number of piperidine rings is 1. The van der Waals surface area contributed by atoms with Gasteiger partial charge in [-0.3, -0.25) is 14.3 Å². The zero-order valence-corrected chi connectivity index (χ0v) is 10.4. The zero-order valence-electron chi connectivity index (χ0n) is 10.4. The van der Waals surface area contributed by atoms with E-state index >= 15 is 0 Å². The fourth-order valence-electron chi connectivity index (χ4n) is 2.20. The highest BCUT2D eigenvalue weighted by Crippen LogP contribution is 2.17. The minimum Gasteiger partial charge on any atom is -0.469 e. The van der Waals surface area contributed by atoms with Gasteiger partial charge in [-0.15, -0.1) is 0 Å². The van der Waals surface area contributed by atoms with Crippen molar-refractivity contribution in [2.24, 2.45) is 5.92 Å². The maximum absolute atomic E-state index is 12.0. The standard InChI is InChI=1S/C12H17N3O3/c1-18-12(17)10-4-2-6-14(8-10)11(16)9-15-7-3-5-13-15/h3,5,7,10H,2,4,6,8-9H2,1H3/t10-/m0/s1. The monoisotopic (exact) mass is 251 g/mol. The van der Waals surface area contributed by atoms with E-state index in [1.165, 1.54) is 7.11 Å². The lowest BCUT2D eigenvalue weighted by molar-refractivity contribution is -0.149. The second kappa shape index (κ2) is 5.66. The van der Waals surface area contributed by atoms with Crippen molar-refractivity contribution in [3.63, 3.8) is 0 Å². The lowest BCUT2D eigenvalue weighted by atomic mass is 9.98. The number of amides is 1. The molecule has 0 radical (unpaired) electrons. The van der Waals surface area contributed by atoms with Gasteiger partial charge in [-0.2, -0.15) is 5.10 Å². The van der Waals surface area contributed by atoms with Crippen molar-refractivity contribution in [1.29, 1.82) is 0 Å². The van der Waals surface area contributed by atoms with Crippen LogP contribution in [0.4, 0.5) is 0 Å². The molecule has 0 aliphatic carbocycles. The van der Waals surface area contributed by atoms with Crippen LogP contribution in [0.25, 0.3) is 0 Å². The number of hydrogen-bond donors (Lipinski definition) is 0. The first-order valence-corrected chi connectivity index (χ1v) is 6.03. The summed E-state index contributed by atoms with van der Waals surface area (Å²) < 4.78 is 6.32. The number of aromatic nitrogens is 2. The zero-order chi connectivity index (χ0) is 13.0. The van der Waals surface area contributed by atoms with Crippen molar-refractivity contribution in [3.05, 3.63) is 18.5 Å². The van der Waals surface area contributed by atoms with Crippen molar-refractivity contribution in [2.45, 2.75) is 19.4 Å². The second-order valence-corrected chi connectivity index (χ2v) is 4.41. The van der Waals surface area contributed by atoms with Gasteiger partial charge in [-0.05, 0) is 18.9 Å². The highest BCUT2D eigenvalue weighted by molar-refractivity contribution is 5.78. The molecule has 2 heterocycles. The lowest BCUT2D eigenvalue weighted by Crippen LogP contribution is -2.44. The van der Waals surface area contributed by atoms with E-state index in [9.17, 15) is 9.59 Å². The van der Waals surface area contributed by atoms with E-state index in [-0.39, 0.29) is 24.3 Å². The molecule has 0 spiro atoms. The molecule has 1 amide bonds. The van der Waals surface area contributed by atoms with Gasteiger partial charge in [-0.25, -0.2) is 0 Å². The molecule has 1 aliphatic rings. The van der Waals surface area contributed by atoms with Crippen LogP contribution in [0.5, 0.6) is 0 Å². The fraction of sp³-hybridized carbons (Fsp3) is 0.583. The van der Waals surface area contributed by atoms with Gasteiger partial charge in [0.2, 0.25) is 5.91 Å². The van der Waals surface area contributed by atoms with Crippen LogP contribution in [-0.2, 0) is 20.9 Å². The van der Waals surface area contributed by atoms with Crippen molar-refractivity contribution in [2.75, 3.05) is 20.2 Å². The Balaban J connectivity index is 1.92. The summed E-state index contributed by atoms with van der Waals surface area (Å²) in [6.07, 6.45) is 5.02. The molecule has 1 aliphatic heterocycles. The molecule has 0 bridgehead atoms. The largest absolute Gasteiger partial charge is 0.469 e. The minimum absolute atomic E-state index is 0.00713. The van der Waals surface area contributed by atoms with Gasteiger partial charge in [0.1, 0.15) is 6.54 Å². The molecule has 0 unspecified atom stereocenters. The van der Waals surface area contributed by atoms with Crippen molar-refractivity contribution in [3.8, 4) is 0 Å². The summed E-state index contributed by atoms with van der Waals surface area (Å²) >= 11 is 0. The second-order valence-electron chi connectivity index (χ2n) is 4.41. The summed E-state index contributed by atoms with van der Waals surface area (Å²) in [6, 6.07) is 1.78. The van der Waals surface area contributed by atoms with Gasteiger partial charge < -0.3 is 9.64 Å². The highest BCUT2D eigenvalue weighted by atomic mass is 16.5. The summed E-state index contributed by atoms with van der Waals surface area (Å²) in [5, 5.41) is 4.00. The number of carbonyl (C=O) groups excluding carboxylic acids is 2. The summed E-state index contributed by atoms with van der Waals surface area (Å²) in [6.45, 7) is 1.38. The van der Waals surface area contributed by atoms with Gasteiger partial charge in [0.05, 0.1) is 13.0 Å². The SMILES string of the molecule is COC(=O)[C@H]1CCCN(C(=O)Cn2cccn2)C1. The maximum Gasteiger partial charge on any atom is 0.310 e. The maximum atomic E-state index is 12.0. The third-order valence-electron chi connectivity index (χ3n) is 3.17. The predicted molar refractivity (Wildman–Crippen MR) is 63.5 cm³/mol. The van der Waals surface area contributed by atoms with E-state index < -0.39 is 0 Å². The van der Waals surface area contributed by atoms with E-state index in [0.29, 0.717) is 13.1 Å². The van der Waals surface area contributed by atoms with Crippen LogP contribution in [0.15, 0.2) is 18.5 Å². The number of ether oxygens (including phenoxy) is 1. The molecular formula is C12H17N3O3. The van der Waals surface area contributed by atoms with Crippen LogP contribution < -0.4 is 0 Å². The van der Waals surface area contributed by atoms with Gasteiger partial charge in [-0.1, -0.05) is 0 Å². The summed E-state index contributed by atoms with van der Waals surface area (Å²) in [7, 11) is 1.38. The first-order chi connectivity index (χ1) is 8.70. The average molecular weight is 251 g/mol. The Bertz CT molecular complexity index is 416. The van der Waals surface area contributed by atoms with Crippen LogP contribution in [0.1, 0.15) is 12.8 Å². The third kappa shape index (κ3) is 2.88. The Hall–Kier alpha value is -1.85. The van der Waals surface area contributed by atoms with E-state index in [4.69, 9.17) is 4.74 Å². The Morgan fingerprint density at radius 2 is 2.33 bits per heavy atom. The van der Waals surface area contributed by atoms with Crippen LogP contribution in [0.2, 0.25) is 0 Å². The number of esters is 1. The van der Waals surface area contributed by atoms with E-state index in [2.05, 4.69) is 5.10 Å². The molecule has 1 fully saturated rings. The number of likely N-dealkylation sites (tertiary alicyclic amines) is 1. The summed E-state index contributed by atoms with van der Waals surface area (Å²) in [5.74, 6) is -0.427. The number of methoxy groups -OCH3 is 1. The molecule has 2 rings (SSSR count). The third-order valence-corrected chi connectivity index (χ3v) is 3.17. The topological polar surface area (TPSA) is 64.4 Å². The van der Waals surface area contributed by atoms with Gasteiger partial charge in [0, 0.05) is 25.5 Å². The van der Waals surface area contributed by atoms with Crippen LogP contribution in [0.3, 0.4) is 0 Å². The van der Waals surface area contributed by atoms with E-state index in [1.807, 2.05) is 0 Å². The summed E-state index contributed by atoms with van der Waals surface area (Å²) in [4.78, 5) is 25.2. The van der Waals surface area contributed by atoms with Crippen molar-refractivity contribution < 1.29 is 14.3 Å². The average Bonchev–Trinajstić information content (AvgIpc) is 2.90. The van der Waals surface area contributed by atoms with Crippen molar-refractivity contribution >= 4 is 11.9 Å². The number of hydrogen-bond acceptors (Lipinski definition) is 4. The molecular weight excluding hydrogens is 234 g/mol. The van der Waals surface area contributed by atoms with Crippen LogP contribution in [-0.4, -0.2) is 46.8 Å². The molecule has 0 aromatic carbocycles. The normalized spacial score (nSPS) is 19.6. The van der Waals surface area contributed by atoms with E-state index in [0.717, 1.165) is 12.8 Å². The molecule has 1 atom stereocenters. The molecule has 6 nitrogen and oxygen atoms in total. The van der Waals surface area contributed by atoms with Gasteiger partial charge in [0.15, 0.2) is 0 Å². The molecule has 6 heteroatoms. The van der Waals surface area contributed by atoms with Crippen molar-refractivity contribution in [1.82, 2.24) is 14.7 Å². The number of nitrogens with zero attached hydrogens (tertiary/aromatic N) is 3. The lowest BCUT2D eigenvalue weighted by Gasteiger charge is -2.31. The van der Waals surface area contributed by atoms with Gasteiger partial charge >= 0.3 is 5.97 Å². The first-order valence-electron chi connectivity index (χ1n) is 6.03. The van der Waals surface area contributed by atoms with Gasteiger partial charge in [0.25, 0.3) is 0 Å². The smallest absolute Gasteiger partial charge is 0.310 e. The van der Waals surface area contributed by atoms with Crippen LogP contribution >= 0.6 is 0 Å². The quantitative estimate of drug-likeness (QED) is 0.724. The fourth-order valence-corrected chi connectivity index (χ4v) is 2.20. The number of carbonyl (C=O) groups is 2. The Morgan fingerprint density at radius 3 is 3.00 bits per heavy atom. The molecule has 0 N–H and O–H groups in total. The minimum atomic E-state index is -0.230. The molecule has 98 valence electrons. The molecule has 18 heavy (non-hydrogen) atoms. The first kappa shape index (κ1) is 12.6.